The maximum absolute atomic E-state index is 10.1. The summed E-state index contributed by atoms with van der Waals surface area (Å²) >= 11 is 0. The second-order valence-electron chi connectivity index (χ2n) is 5.68. The van der Waals surface area contributed by atoms with Gasteiger partial charge in [-0.1, -0.05) is 47.6 Å². The third-order valence-corrected chi connectivity index (χ3v) is 4.08. The summed E-state index contributed by atoms with van der Waals surface area (Å²) in [6.45, 7) is 0. The van der Waals surface area contributed by atoms with Gasteiger partial charge in [0.1, 0.15) is 0 Å². The minimum atomic E-state index is 0.0131. The number of rotatable bonds is 5. The minimum Gasteiger partial charge on any atom is -0.504 e. The van der Waals surface area contributed by atoms with Crippen LogP contribution in [0.3, 0.4) is 0 Å². The third kappa shape index (κ3) is 3.15. The first-order valence-electron chi connectivity index (χ1n) is 8.19. The van der Waals surface area contributed by atoms with E-state index in [1.807, 2.05) is 42.5 Å². The number of phenols is 1. The lowest BCUT2D eigenvalue weighted by atomic mass is 10.1. The van der Waals surface area contributed by atoms with Crippen molar-refractivity contribution in [2.45, 2.75) is 0 Å². The number of nitrogens with one attached hydrogen (secondary N) is 1. The van der Waals surface area contributed by atoms with Crippen LogP contribution in [-0.4, -0.2) is 38.6 Å². The van der Waals surface area contributed by atoms with Gasteiger partial charge in [0.05, 0.1) is 19.0 Å². The molecule has 1 heterocycles. The van der Waals surface area contributed by atoms with Crippen LogP contribution in [0.5, 0.6) is 11.5 Å². The number of para-hydroxylation sites is 1. The standard InChI is InChI=1S/C19H16N6O2/c1-27-17-11-5-8-14(18(17)26)12-20-21-19-22-23-24-25(19)16-10-4-7-13-6-2-3-9-15(13)16/h2-12,26H,1H3,(H,21,22,24)/b20-12+. The summed E-state index contributed by atoms with van der Waals surface area (Å²) in [5.74, 6) is 0.740. The Morgan fingerprint density at radius 1 is 1.07 bits per heavy atom. The number of anilines is 1. The number of hydrogen-bond acceptors (Lipinski definition) is 7. The van der Waals surface area contributed by atoms with Crippen LogP contribution in [-0.2, 0) is 0 Å². The summed E-state index contributed by atoms with van der Waals surface area (Å²) in [6, 6.07) is 19.0. The van der Waals surface area contributed by atoms with Crippen molar-refractivity contribution in [2.24, 2.45) is 5.10 Å². The summed E-state index contributed by atoms with van der Waals surface area (Å²) < 4.78 is 6.66. The number of fused-ring (bicyclic) bond motifs is 1. The lowest BCUT2D eigenvalue weighted by Crippen LogP contribution is -2.04. The van der Waals surface area contributed by atoms with E-state index in [0.717, 1.165) is 16.5 Å². The molecule has 27 heavy (non-hydrogen) atoms. The van der Waals surface area contributed by atoms with E-state index in [2.05, 4.69) is 26.1 Å². The Bertz CT molecular complexity index is 1120. The van der Waals surface area contributed by atoms with Crippen molar-refractivity contribution in [1.29, 1.82) is 0 Å². The molecule has 134 valence electrons. The van der Waals surface area contributed by atoms with Gasteiger partial charge in [0.15, 0.2) is 11.5 Å². The van der Waals surface area contributed by atoms with Crippen LogP contribution in [0.15, 0.2) is 65.8 Å². The van der Waals surface area contributed by atoms with Gasteiger partial charge in [0, 0.05) is 10.9 Å². The molecule has 0 radical (unpaired) electrons. The Labute approximate surface area is 154 Å². The van der Waals surface area contributed by atoms with Gasteiger partial charge in [-0.3, -0.25) is 0 Å². The molecule has 0 aliphatic carbocycles. The molecule has 0 saturated heterocycles. The van der Waals surface area contributed by atoms with Crippen molar-refractivity contribution in [2.75, 3.05) is 12.5 Å². The zero-order chi connectivity index (χ0) is 18.6. The molecule has 0 saturated carbocycles. The molecule has 8 nitrogen and oxygen atoms in total. The molecule has 0 spiro atoms. The van der Waals surface area contributed by atoms with Gasteiger partial charge in [-0.25, -0.2) is 5.43 Å². The second kappa shape index (κ2) is 7.12. The van der Waals surface area contributed by atoms with Gasteiger partial charge in [0.2, 0.25) is 0 Å². The van der Waals surface area contributed by atoms with Crippen molar-refractivity contribution >= 4 is 22.9 Å². The normalized spacial score (nSPS) is 11.1. The highest BCUT2D eigenvalue weighted by Gasteiger charge is 2.10. The zero-order valence-electron chi connectivity index (χ0n) is 14.4. The Hall–Kier alpha value is -3.94. The molecule has 0 unspecified atom stereocenters. The molecule has 4 rings (SSSR count). The highest BCUT2D eigenvalue weighted by molar-refractivity contribution is 5.90. The van der Waals surface area contributed by atoms with Crippen LogP contribution >= 0.6 is 0 Å². The molecule has 3 aromatic carbocycles. The highest BCUT2D eigenvalue weighted by Crippen LogP contribution is 2.28. The Balaban J connectivity index is 1.63. The van der Waals surface area contributed by atoms with Gasteiger partial charge in [-0.15, -0.1) is 0 Å². The fourth-order valence-electron chi connectivity index (χ4n) is 2.78. The third-order valence-electron chi connectivity index (χ3n) is 4.08. The van der Waals surface area contributed by atoms with Crippen molar-refractivity contribution < 1.29 is 9.84 Å². The lowest BCUT2D eigenvalue weighted by molar-refractivity contribution is 0.373. The predicted molar refractivity (Wildman–Crippen MR) is 103 cm³/mol. The van der Waals surface area contributed by atoms with E-state index in [9.17, 15) is 5.11 Å². The predicted octanol–water partition coefficient (Wildman–Crippen LogP) is 2.98. The molecule has 0 fully saturated rings. The van der Waals surface area contributed by atoms with Gasteiger partial charge in [0.25, 0.3) is 5.95 Å². The van der Waals surface area contributed by atoms with Crippen molar-refractivity contribution in [3.05, 3.63) is 66.2 Å². The number of hydrazone groups is 1. The summed E-state index contributed by atoms with van der Waals surface area (Å²) in [6.07, 6.45) is 1.47. The number of phenolic OH excluding ortho intramolecular Hbond substituents is 1. The Morgan fingerprint density at radius 3 is 2.78 bits per heavy atom. The average Bonchev–Trinajstić information content (AvgIpc) is 3.17. The fourth-order valence-corrected chi connectivity index (χ4v) is 2.78. The summed E-state index contributed by atoms with van der Waals surface area (Å²) in [4.78, 5) is 0. The maximum Gasteiger partial charge on any atom is 0.268 e. The molecule has 8 heteroatoms. The number of hydrogen-bond donors (Lipinski definition) is 2. The Kier molecular flexibility index (Phi) is 4.36. The van der Waals surface area contributed by atoms with E-state index in [4.69, 9.17) is 4.74 Å². The monoisotopic (exact) mass is 360 g/mol. The summed E-state index contributed by atoms with van der Waals surface area (Å²) in [7, 11) is 1.49. The van der Waals surface area contributed by atoms with Crippen molar-refractivity contribution in [1.82, 2.24) is 20.2 Å². The van der Waals surface area contributed by atoms with Crippen LogP contribution in [0, 0.1) is 0 Å². The van der Waals surface area contributed by atoms with Crippen molar-refractivity contribution in [3.8, 4) is 17.2 Å². The number of tetrazole rings is 1. The SMILES string of the molecule is COc1cccc(/C=N/Nc2nnnn2-c2cccc3ccccc23)c1O. The molecule has 0 aliphatic rings. The largest absolute Gasteiger partial charge is 0.504 e. The van der Waals surface area contributed by atoms with Crippen LogP contribution in [0.25, 0.3) is 16.5 Å². The second-order valence-corrected chi connectivity index (χ2v) is 5.68. The molecule has 0 bridgehead atoms. The molecule has 4 aromatic rings. The first-order valence-corrected chi connectivity index (χ1v) is 8.19. The first-order chi connectivity index (χ1) is 13.3. The van der Waals surface area contributed by atoms with Crippen LogP contribution in [0.2, 0.25) is 0 Å². The van der Waals surface area contributed by atoms with Gasteiger partial charge in [-0.2, -0.15) is 9.78 Å². The molecule has 1 aromatic heterocycles. The van der Waals surface area contributed by atoms with Crippen molar-refractivity contribution in [3.63, 3.8) is 0 Å². The fraction of sp³-hybridized carbons (Fsp3) is 0.0526. The minimum absolute atomic E-state index is 0.0131. The van der Waals surface area contributed by atoms with Crippen LogP contribution in [0.1, 0.15) is 5.56 Å². The van der Waals surface area contributed by atoms with Crippen LogP contribution < -0.4 is 10.2 Å². The van der Waals surface area contributed by atoms with E-state index in [-0.39, 0.29) is 5.75 Å². The number of nitrogens with zero attached hydrogens (tertiary/aromatic N) is 5. The summed E-state index contributed by atoms with van der Waals surface area (Å²) in [5.41, 5.74) is 4.15. The topological polar surface area (TPSA) is 97.5 Å². The van der Waals surface area contributed by atoms with Crippen LogP contribution in [0.4, 0.5) is 5.95 Å². The highest BCUT2D eigenvalue weighted by atomic mass is 16.5. The first kappa shape index (κ1) is 16.5. The van der Waals surface area contributed by atoms with Gasteiger partial charge >= 0.3 is 0 Å². The number of ether oxygens (including phenoxy) is 1. The lowest BCUT2D eigenvalue weighted by Gasteiger charge is -2.08. The quantitative estimate of drug-likeness (QED) is 0.419. The van der Waals surface area contributed by atoms with E-state index in [0.29, 0.717) is 17.3 Å². The zero-order valence-corrected chi connectivity index (χ0v) is 14.4. The molecule has 0 aliphatic heterocycles. The van der Waals surface area contributed by atoms with Gasteiger partial charge in [-0.05, 0) is 34.0 Å². The Morgan fingerprint density at radius 2 is 1.89 bits per heavy atom. The number of benzene rings is 3. The maximum atomic E-state index is 10.1. The number of aromatic nitrogens is 4. The van der Waals surface area contributed by atoms with E-state index in [1.54, 1.807) is 22.9 Å². The van der Waals surface area contributed by atoms with E-state index >= 15 is 0 Å². The molecule has 2 N–H and O–H groups in total. The molecular formula is C19H16N6O2. The van der Waals surface area contributed by atoms with Gasteiger partial charge < -0.3 is 9.84 Å². The average molecular weight is 360 g/mol. The molecule has 0 amide bonds. The number of methoxy groups -OCH3 is 1. The number of aromatic hydroxyl groups is 1. The van der Waals surface area contributed by atoms with E-state index < -0.39 is 0 Å². The molecular weight excluding hydrogens is 344 g/mol. The molecule has 0 atom stereocenters. The summed E-state index contributed by atoms with van der Waals surface area (Å²) in [5, 5.41) is 28.1. The smallest absolute Gasteiger partial charge is 0.268 e. The van der Waals surface area contributed by atoms with E-state index in [1.165, 1.54) is 13.3 Å².